The van der Waals surface area contributed by atoms with Gasteiger partial charge < -0.3 is 10.8 Å². The number of rotatable bonds is 4. The highest BCUT2D eigenvalue weighted by atomic mass is 32.2. The Hall–Kier alpha value is -0.920. The predicted octanol–water partition coefficient (Wildman–Crippen LogP) is -1.41. The average molecular weight is 194 g/mol. The topological polar surface area (TPSA) is 123 Å². The van der Waals surface area contributed by atoms with Gasteiger partial charge >= 0.3 is 5.97 Å². The van der Waals surface area contributed by atoms with Gasteiger partial charge in [-0.15, -0.1) is 0 Å². The Bertz CT molecular complexity index is 295. The molecule has 0 fully saturated rings. The maximum absolute atomic E-state index is 10.5. The third-order valence-electron chi connectivity index (χ3n) is 1.17. The summed E-state index contributed by atoms with van der Waals surface area (Å²) in [5, 5.41) is 12.9. The third-order valence-corrected chi connectivity index (χ3v) is 2.14. The molecule has 0 amide bonds. The molecule has 0 aromatic rings. The summed E-state index contributed by atoms with van der Waals surface area (Å²) < 4.78 is 21.0. The van der Waals surface area contributed by atoms with Crippen LogP contribution in [0.3, 0.4) is 0 Å². The molecule has 0 bridgehead atoms. The largest absolute Gasteiger partial charge is 0.480 e. The van der Waals surface area contributed by atoms with Gasteiger partial charge in [0, 0.05) is 6.42 Å². The summed E-state index contributed by atoms with van der Waals surface area (Å²) in [6.45, 7) is 3.09. The maximum Gasteiger partial charge on any atom is 0.320 e. The van der Waals surface area contributed by atoms with Gasteiger partial charge in [0.05, 0.1) is 4.91 Å². The second-order valence-electron chi connectivity index (χ2n) is 2.23. The molecule has 5 N–H and O–H groups in total. The smallest absolute Gasteiger partial charge is 0.320 e. The molecule has 0 saturated heterocycles. The van der Waals surface area contributed by atoms with Crippen molar-refractivity contribution in [2.24, 2.45) is 10.9 Å². The Morgan fingerprint density at radius 3 is 2.25 bits per heavy atom. The Balaban J connectivity index is 4.31. The first-order valence-corrected chi connectivity index (χ1v) is 4.48. The Morgan fingerprint density at radius 1 is 1.58 bits per heavy atom. The molecular weight excluding hydrogens is 184 g/mol. The van der Waals surface area contributed by atoms with Gasteiger partial charge in [-0.2, -0.15) is 0 Å². The van der Waals surface area contributed by atoms with E-state index in [-0.39, 0.29) is 11.3 Å². The van der Waals surface area contributed by atoms with Gasteiger partial charge in [-0.1, -0.05) is 6.58 Å². The summed E-state index contributed by atoms with van der Waals surface area (Å²) in [4.78, 5) is 9.78. The summed E-state index contributed by atoms with van der Waals surface area (Å²) in [5.74, 6) is -1.29. The average Bonchev–Trinajstić information content (AvgIpc) is 1.85. The van der Waals surface area contributed by atoms with E-state index in [1.165, 1.54) is 0 Å². The van der Waals surface area contributed by atoms with Crippen molar-refractivity contribution in [3.8, 4) is 0 Å². The second-order valence-corrected chi connectivity index (χ2v) is 3.90. The van der Waals surface area contributed by atoms with E-state index >= 15 is 0 Å². The van der Waals surface area contributed by atoms with Crippen LogP contribution in [-0.2, 0) is 14.8 Å². The van der Waals surface area contributed by atoms with E-state index in [0.717, 1.165) is 0 Å². The lowest BCUT2D eigenvalue weighted by atomic mass is 10.2. The van der Waals surface area contributed by atoms with Gasteiger partial charge in [0.15, 0.2) is 0 Å². The molecule has 0 aromatic heterocycles. The van der Waals surface area contributed by atoms with E-state index in [1.807, 2.05) is 0 Å². The third kappa shape index (κ3) is 3.46. The van der Waals surface area contributed by atoms with Gasteiger partial charge in [-0.25, -0.2) is 13.6 Å². The first-order valence-electron chi connectivity index (χ1n) is 2.94. The highest BCUT2D eigenvalue weighted by molar-refractivity contribution is 7.93. The normalized spacial score (nSPS) is 13.8. The van der Waals surface area contributed by atoms with E-state index in [0.29, 0.717) is 0 Å². The molecule has 0 heterocycles. The zero-order valence-corrected chi connectivity index (χ0v) is 7.04. The maximum atomic E-state index is 10.5. The zero-order valence-electron chi connectivity index (χ0n) is 6.23. The van der Waals surface area contributed by atoms with Gasteiger partial charge in [0.2, 0.25) is 10.0 Å². The monoisotopic (exact) mass is 194 g/mol. The molecule has 0 spiro atoms. The number of carboxylic acid groups (broad SMARTS) is 1. The number of primary sulfonamides is 1. The molecule has 0 aliphatic heterocycles. The molecule has 7 heteroatoms. The second kappa shape index (κ2) is 3.65. The number of sulfonamides is 1. The molecular formula is C5H10N2O4S. The fourth-order valence-corrected chi connectivity index (χ4v) is 0.861. The molecule has 1 unspecified atom stereocenters. The number of hydrogen-bond donors (Lipinski definition) is 3. The molecule has 0 rings (SSSR count). The van der Waals surface area contributed by atoms with Crippen LogP contribution in [0.1, 0.15) is 6.42 Å². The van der Waals surface area contributed by atoms with Crippen molar-refractivity contribution in [3.05, 3.63) is 11.5 Å². The highest BCUT2D eigenvalue weighted by Gasteiger charge is 2.18. The summed E-state index contributed by atoms with van der Waals surface area (Å²) in [6, 6.07) is -1.28. The van der Waals surface area contributed by atoms with Crippen molar-refractivity contribution in [2.75, 3.05) is 0 Å². The lowest BCUT2D eigenvalue weighted by Gasteiger charge is -2.06. The molecule has 12 heavy (non-hydrogen) atoms. The van der Waals surface area contributed by atoms with Crippen LogP contribution in [0.5, 0.6) is 0 Å². The van der Waals surface area contributed by atoms with Crippen molar-refractivity contribution in [1.82, 2.24) is 0 Å². The quantitative estimate of drug-likeness (QED) is 0.507. The molecule has 6 nitrogen and oxygen atoms in total. The molecule has 0 radical (unpaired) electrons. The first kappa shape index (κ1) is 11.1. The molecule has 70 valence electrons. The Morgan fingerprint density at radius 2 is 2.00 bits per heavy atom. The fourth-order valence-electron chi connectivity index (χ4n) is 0.449. The van der Waals surface area contributed by atoms with Crippen molar-refractivity contribution >= 4 is 16.0 Å². The van der Waals surface area contributed by atoms with Crippen LogP contribution < -0.4 is 10.9 Å². The van der Waals surface area contributed by atoms with E-state index in [9.17, 15) is 13.2 Å². The van der Waals surface area contributed by atoms with Gasteiger partial charge in [0.1, 0.15) is 6.04 Å². The number of nitrogens with two attached hydrogens (primary N) is 2. The van der Waals surface area contributed by atoms with E-state index in [4.69, 9.17) is 10.8 Å². The van der Waals surface area contributed by atoms with Crippen LogP contribution in [0.25, 0.3) is 0 Å². The first-order chi connectivity index (χ1) is 5.25. The Kier molecular flexibility index (Phi) is 3.37. The van der Waals surface area contributed by atoms with E-state index in [2.05, 4.69) is 11.7 Å². The molecule has 1 atom stereocenters. The number of hydrogen-bond acceptors (Lipinski definition) is 4. The minimum Gasteiger partial charge on any atom is -0.480 e. The SMILES string of the molecule is C=C(CC(N)C(=O)O)S(N)(=O)=O. The molecule has 0 aromatic carbocycles. The lowest BCUT2D eigenvalue weighted by Crippen LogP contribution is -2.32. The molecule has 0 aliphatic carbocycles. The van der Waals surface area contributed by atoms with Gasteiger partial charge in [-0.05, 0) is 0 Å². The summed E-state index contributed by atoms with van der Waals surface area (Å²) in [5.41, 5.74) is 5.03. The van der Waals surface area contributed by atoms with Gasteiger partial charge in [-0.3, -0.25) is 4.79 Å². The molecule has 0 aliphatic rings. The van der Waals surface area contributed by atoms with Crippen molar-refractivity contribution in [2.45, 2.75) is 12.5 Å². The van der Waals surface area contributed by atoms with Crippen molar-refractivity contribution < 1.29 is 18.3 Å². The zero-order chi connectivity index (χ0) is 9.94. The highest BCUT2D eigenvalue weighted by Crippen LogP contribution is 2.06. The van der Waals surface area contributed by atoms with Crippen molar-refractivity contribution in [1.29, 1.82) is 0 Å². The van der Waals surface area contributed by atoms with Gasteiger partial charge in [0.25, 0.3) is 0 Å². The summed E-state index contributed by atoms with van der Waals surface area (Å²) in [6.07, 6.45) is -0.367. The number of aliphatic carboxylic acids is 1. The van der Waals surface area contributed by atoms with Crippen LogP contribution in [0.15, 0.2) is 11.5 Å². The fraction of sp³-hybridized carbons (Fsp3) is 0.400. The van der Waals surface area contributed by atoms with Crippen LogP contribution >= 0.6 is 0 Å². The van der Waals surface area contributed by atoms with Crippen LogP contribution in [-0.4, -0.2) is 25.5 Å². The number of carboxylic acids is 1. The predicted molar refractivity (Wildman–Crippen MR) is 42.5 cm³/mol. The number of carbonyl (C=O) groups is 1. The molecule has 0 saturated carbocycles. The van der Waals surface area contributed by atoms with Crippen LogP contribution in [0.4, 0.5) is 0 Å². The summed E-state index contributed by atoms with van der Waals surface area (Å²) in [7, 11) is -3.87. The Labute approximate surface area is 69.9 Å². The van der Waals surface area contributed by atoms with E-state index < -0.39 is 22.0 Å². The summed E-state index contributed by atoms with van der Waals surface area (Å²) >= 11 is 0. The van der Waals surface area contributed by atoms with Crippen LogP contribution in [0, 0.1) is 0 Å². The standard InChI is InChI=1S/C5H10N2O4S/c1-3(12(7,10)11)2-4(6)5(8)9/h4H,1-2,6H2,(H,8,9)(H2,7,10,11). The van der Waals surface area contributed by atoms with Crippen molar-refractivity contribution in [3.63, 3.8) is 0 Å². The lowest BCUT2D eigenvalue weighted by molar-refractivity contribution is -0.138. The van der Waals surface area contributed by atoms with Crippen LogP contribution in [0.2, 0.25) is 0 Å². The minimum absolute atomic E-state index is 0.367. The minimum atomic E-state index is -3.87. The van der Waals surface area contributed by atoms with E-state index in [1.54, 1.807) is 0 Å².